The molecule has 4 aromatic rings. The summed E-state index contributed by atoms with van der Waals surface area (Å²) >= 11 is 12.8. The average Bonchev–Trinajstić information content (AvgIpc) is 3.27. The Morgan fingerprint density at radius 1 is 1.16 bits per heavy atom. The molecular weight excluding hydrogens is 453 g/mol. The molecule has 0 aliphatic rings. The van der Waals surface area contributed by atoms with E-state index < -0.39 is 8.07 Å². The monoisotopic (exact) mass is 477 g/mol. The van der Waals surface area contributed by atoms with Crippen LogP contribution in [0.5, 0.6) is 0 Å². The lowest BCUT2D eigenvalue weighted by Crippen LogP contribution is -2.22. The highest BCUT2D eigenvalue weighted by atomic mass is 35.5. The Labute approximate surface area is 190 Å². The summed E-state index contributed by atoms with van der Waals surface area (Å²) in [5.41, 5.74) is 2.39. The summed E-state index contributed by atoms with van der Waals surface area (Å²) < 4.78 is 9.56. The van der Waals surface area contributed by atoms with Crippen LogP contribution in [-0.4, -0.2) is 39.0 Å². The standard InChI is InChI=1S/C21H25Cl2N5O2Si/c1-5-28-11-15-16(26-28)7-6-13(18(15)22)14-10-27(12-30-8-9-31(2,3)4)19-17(14)20(29)25-21(23)24-19/h6-7,10-11H,5,8-9,12H2,1-4H3,(H,24,25,29). The molecule has 4 rings (SSSR count). The number of H-pyrrole nitrogens is 1. The molecule has 0 aliphatic heterocycles. The first-order chi connectivity index (χ1) is 14.7. The highest BCUT2D eigenvalue weighted by Crippen LogP contribution is 2.37. The zero-order valence-electron chi connectivity index (χ0n) is 18.0. The van der Waals surface area contributed by atoms with Crippen molar-refractivity contribution in [3.05, 3.63) is 45.2 Å². The quantitative estimate of drug-likeness (QED) is 0.220. The fourth-order valence-corrected chi connectivity index (χ4v) is 4.72. The van der Waals surface area contributed by atoms with E-state index in [2.05, 4.69) is 34.7 Å². The maximum absolute atomic E-state index is 12.8. The maximum Gasteiger partial charge on any atom is 0.261 e. The van der Waals surface area contributed by atoms with E-state index in [-0.39, 0.29) is 17.6 Å². The SMILES string of the molecule is CCn1cc2c(Cl)c(-c3cn(COCC[Si](C)(C)C)c4nc(Cl)[nH]c(=O)c34)ccc2n1. The molecule has 0 amide bonds. The van der Waals surface area contributed by atoms with Crippen LogP contribution in [0.2, 0.25) is 36.0 Å². The zero-order chi connectivity index (χ0) is 22.3. The number of halogens is 2. The molecule has 3 heterocycles. The van der Waals surface area contributed by atoms with Gasteiger partial charge in [-0.05, 0) is 30.6 Å². The Morgan fingerprint density at radius 2 is 1.94 bits per heavy atom. The van der Waals surface area contributed by atoms with E-state index in [1.54, 1.807) is 0 Å². The smallest absolute Gasteiger partial charge is 0.261 e. The second-order valence-corrected chi connectivity index (χ2v) is 15.1. The van der Waals surface area contributed by atoms with Crippen LogP contribution in [-0.2, 0) is 18.0 Å². The Bertz CT molecular complexity index is 1320. The van der Waals surface area contributed by atoms with Crippen LogP contribution >= 0.6 is 23.2 Å². The molecule has 10 heteroatoms. The van der Waals surface area contributed by atoms with Gasteiger partial charge >= 0.3 is 0 Å². The Morgan fingerprint density at radius 3 is 2.65 bits per heavy atom. The first-order valence-electron chi connectivity index (χ1n) is 10.2. The van der Waals surface area contributed by atoms with Gasteiger partial charge in [-0.1, -0.05) is 37.3 Å². The normalized spacial score (nSPS) is 12.3. The number of hydrogen-bond donors (Lipinski definition) is 1. The van der Waals surface area contributed by atoms with Crippen LogP contribution in [0.1, 0.15) is 6.92 Å². The van der Waals surface area contributed by atoms with Gasteiger partial charge in [0.15, 0.2) is 5.65 Å². The molecule has 0 aliphatic carbocycles. The van der Waals surface area contributed by atoms with E-state index in [0.717, 1.165) is 29.1 Å². The van der Waals surface area contributed by atoms with Gasteiger partial charge < -0.3 is 9.30 Å². The second kappa shape index (κ2) is 8.42. The van der Waals surface area contributed by atoms with Gasteiger partial charge in [0.05, 0.1) is 15.9 Å². The van der Waals surface area contributed by atoms with Crippen molar-refractivity contribution in [2.24, 2.45) is 0 Å². The molecule has 0 unspecified atom stereocenters. The molecule has 1 aromatic carbocycles. The number of fused-ring (bicyclic) bond motifs is 2. The first-order valence-corrected chi connectivity index (χ1v) is 14.7. The van der Waals surface area contributed by atoms with Gasteiger partial charge in [-0.3, -0.25) is 14.5 Å². The highest BCUT2D eigenvalue weighted by molar-refractivity contribution is 6.76. The minimum absolute atomic E-state index is 0.0382. The van der Waals surface area contributed by atoms with E-state index in [1.165, 1.54) is 0 Å². The van der Waals surface area contributed by atoms with Gasteiger partial charge in [-0.2, -0.15) is 5.10 Å². The molecule has 0 bridgehead atoms. The summed E-state index contributed by atoms with van der Waals surface area (Å²) in [4.78, 5) is 19.8. The summed E-state index contributed by atoms with van der Waals surface area (Å²) in [6, 6.07) is 4.85. The van der Waals surface area contributed by atoms with E-state index in [4.69, 9.17) is 27.9 Å². The molecule has 0 saturated heterocycles. The number of aromatic nitrogens is 5. The number of benzene rings is 1. The maximum atomic E-state index is 12.8. The summed E-state index contributed by atoms with van der Waals surface area (Å²) in [6.07, 6.45) is 3.77. The van der Waals surface area contributed by atoms with Crippen molar-refractivity contribution in [1.82, 2.24) is 24.3 Å². The minimum Gasteiger partial charge on any atom is -0.361 e. The van der Waals surface area contributed by atoms with Gasteiger partial charge in [-0.25, -0.2) is 4.98 Å². The topological polar surface area (TPSA) is 77.7 Å². The molecule has 31 heavy (non-hydrogen) atoms. The highest BCUT2D eigenvalue weighted by Gasteiger charge is 2.20. The number of ether oxygens (including phenoxy) is 1. The molecule has 164 valence electrons. The third-order valence-corrected chi connectivity index (χ3v) is 7.50. The lowest BCUT2D eigenvalue weighted by Gasteiger charge is -2.15. The van der Waals surface area contributed by atoms with E-state index in [0.29, 0.717) is 28.2 Å². The Hall–Kier alpha value is -2.13. The summed E-state index contributed by atoms with van der Waals surface area (Å²) in [5.74, 6) is 0. The van der Waals surface area contributed by atoms with E-state index >= 15 is 0 Å². The van der Waals surface area contributed by atoms with Crippen LogP contribution in [0.15, 0.2) is 29.3 Å². The number of nitrogens with one attached hydrogen (secondary N) is 1. The fraction of sp³-hybridized carbons (Fsp3) is 0.381. The Kier molecular flexibility index (Phi) is 6.00. The van der Waals surface area contributed by atoms with Crippen molar-refractivity contribution in [2.45, 2.75) is 45.9 Å². The van der Waals surface area contributed by atoms with Gasteiger partial charge in [-0.15, -0.1) is 0 Å². The second-order valence-electron chi connectivity index (χ2n) is 8.76. The molecular formula is C21H25Cl2N5O2Si. The number of aromatic amines is 1. The first kappa shape index (κ1) is 22.1. The molecule has 0 spiro atoms. The molecule has 1 N–H and O–H groups in total. The van der Waals surface area contributed by atoms with Crippen LogP contribution in [0.4, 0.5) is 0 Å². The predicted molar refractivity (Wildman–Crippen MR) is 129 cm³/mol. The number of aryl methyl sites for hydroxylation is 1. The Balaban J connectivity index is 1.80. The molecule has 0 fully saturated rings. The van der Waals surface area contributed by atoms with Crippen molar-refractivity contribution in [3.8, 4) is 11.1 Å². The molecule has 7 nitrogen and oxygen atoms in total. The van der Waals surface area contributed by atoms with Crippen LogP contribution in [0.3, 0.4) is 0 Å². The van der Waals surface area contributed by atoms with E-state index in [9.17, 15) is 4.79 Å². The van der Waals surface area contributed by atoms with Crippen molar-refractivity contribution in [1.29, 1.82) is 0 Å². The van der Waals surface area contributed by atoms with Crippen LogP contribution < -0.4 is 5.56 Å². The fourth-order valence-electron chi connectivity index (χ4n) is 3.49. The van der Waals surface area contributed by atoms with Crippen molar-refractivity contribution >= 4 is 53.2 Å². The summed E-state index contributed by atoms with van der Waals surface area (Å²) in [5, 5.41) is 6.36. The average molecular weight is 478 g/mol. The number of hydrogen-bond acceptors (Lipinski definition) is 4. The minimum atomic E-state index is -1.20. The third kappa shape index (κ3) is 4.43. The van der Waals surface area contributed by atoms with Crippen molar-refractivity contribution in [3.63, 3.8) is 0 Å². The third-order valence-electron chi connectivity index (χ3n) is 5.21. The lowest BCUT2D eigenvalue weighted by atomic mass is 10.0. The van der Waals surface area contributed by atoms with Crippen molar-refractivity contribution in [2.75, 3.05) is 6.61 Å². The molecule has 0 radical (unpaired) electrons. The lowest BCUT2D eigenvalue weighted by molar-refractivity contribution is 0.0899. The van der Waals surface area contributed by atoms with Crippen LogP contribution in [0.25, 0.3) is 33.1 Å². The van der Waals surface area contributed by atoms with Crippen LogP contribution in [0, 0.1) is 0 Å². The predicted octanol–water partition coefficient (Wildman–Crippen LogP) is 5.38. The van der Waals surface area contributed by atoms with Gasteiger partial charge in [0.25, 0.3) is 5.56 Å². The van der Waals surface area contributed by atoms with E-state index in [1.807, 2.05) is 40.7 Å². The van der Waals surface area contributed by atoms with Gasteiger partial charge in [0.2, 0.25) is 5.28 Å². The molecule has 0 atom stereocenters. The number of rotatable bonds is 7. The molecule has 0 saturated carbocycles. The van der Waals surface area contributed by atoms with Crippen molar-refractivity contribution < 1.29 is 4.74 Å². The largest absolute Gasteiger partial charge is 0.361 e. The summed E-state index contributed by atoms with van der Waals surface area (Å²) in [7, 11) is -1.20. The molecule has 3 aromatic heterocycles. The summed E-state index contributed by atoms with van der Waals surface area (Å²) in [6.45, 7) is 10.6. The number of nitrogens with zero attached hydrogens (tertiary/aromatic N) is 4. The van der Waals surface area contributed by atoms with Gasteiger partial charge in [0, 0.05) is 50.1 Å². The zero-order valence-corrected chi connectivity index (χ0v) is 20.5. The van der Waals surface area contributed by atoms with Gasteiger partial charge in [0.1, 0.15) is 6.73 Å².